The lowest BCUT2D eigenvalue weighted by molar-refractivity contribution is 0.0775. The summed E-state index contributed by atoms with van der Waals surface area (Å²) in [6.45, 7) is 3.55. The van der Waals surface area contributed by atoms with Gasteiger partial charge in [0.1, 0.15) is 5.82 Å². The lowest BCUT2D eigenvalue weighted by Gasteiger charge is -2.22. The van der Waals surface area contributed by atoms with Gasteiger partial charge in [0.15, 0.2) is 0 Å². The van der Waals surface area contributed by atoms with Gasteiger partial charge in [-0.2, -0.15) is 0 Å². The molecule has 0 aliphatic carbocycles. The summed E-state index contributed by atoms with van der Waals surface area (Å²) in [5, 5.41) is 3.35. The molecule has 112 valence electrons. The molecule has 0 bridgehead atoms. The van der Waals surface area contributed by atoms with Gasteiger partial charge >= 0.3 is 0 Å². The number of hydrogen-bond donors (Lipinski definition) is 1. The second kappa shape index (κ2) is 6.70. The van der Waals surface area contributed by atoms with Crippen molar-refractivity contribution in [1.82, 2.24) is 15.2 Å². The Kier molecular flexibility index (Phi) is 5.74. The van der Waals surface area contributed by atoms with E-state index in [-0.39, 0.29) is 36.1 Å². The van der Waals surface area contributed by atoms with Crippen LogP contribution in [0.25, 0.3) is 0 Å². The summed E-state index contributed by atoms with van der Waals surface area (Å²) in [5.41, 5.74) is 0.592. The maximum Gasteiger partial charge on any atom is 0.255 e. The first-order valence-electron chi connectivity index (χ1n) is 6.29. The monoisotopic (exact) mass is 321 g/mol. The zero-order chi connectivity index (χ0) is 12.6. The molecule has 1 aromatic heterocycles. The van der Waals surface area contributed by atoms with Gasteiger partial charge in [-0.3, -0.25) is 9.78 Å². The smallest absolute Gasteiger partial charge is 0.255 e. The number of likely N-dealkylation sites (tertiary alicyclic amines) is 1. The number of aromatic nitrogens is 1. The van der Waals surface area contributed by atoms with Gasteiger partial charge < -0.3 is 10.2 Å². The van der Waals surface area contributed by atoms with E-state index in [4.69, 9.17) is 0 Å². The van der Waals surface area contributed by atoms with Crippen LogP contribution in [0.5, 0.6) is 0 Å². The van der Waals surface area contributed by atoms with Crippen molar-refractivity contribution in [3.8, 4) is 0 Å². The summed E-state index contributed by atoms with van der Waals surface area (Å²) >= 11 is 0. The van der Waals surface area contributed by atoms with Crippen molar-refractivity contribution < 1.29 is 9.18 Å². The lowest BCUT2D eigenvalue weighted by atomic mass is 9.86. The minimum absolute atomic E-state index is 0. The third kappa shape index (κ3) is 3.22. The molecule has 1 spiro atoms. The number of rotatable bonds is 1. The maximum absolute atomic E-state index is 13.1. The van der Waals surface area contributed by atoms with Crippen LogP contribution >= 0.6 is 24.8 Å². The first-order valence-corrected chi connectivity index (χ1v) is 6.29. The molecule has 7 heteroatoms. The molecule has 4 nitrogen and oxygen atoms in total. The van der Waals surface area contributed by atoms with Gasteiger partial charge in [0.2, 0.25) is 0 Å². The van der Waals surface area contributed by atoms with E-state index in [1.54, 1.807) is 0 Å². The Morgan fingerprint density at radius 2 is 2.15 bits per heavy atom. The first kappa shape index (κ1) is 17.1. The van der Waals surface area contributed by atoms with Crippen LogP contribution in [-0.4, -0.2) is 42.0 Å². The third-order valence-corrected chi connectivity index (χ3v) is 4.01. The van der Waals surface area contributed by atoms with Gasteiger partial charge in [0.05, 0.1) is 11.8 Å². The highest BCUT2D eigenvalue weighted by atomic mass is 35.5. The van der Waals surface area contributed by atoms with Crippen LogP contribution in [0.15, 0.2) is 18.5 Å². The van der Waals surface area contributed by atoms with E-state index in [0.29, 0.717) is 5.56 Å². The summed E-state index contributed by atoms with van der Waals surface area (Å²) in [4.78, 5) is 17.8. The number of amides is 1. The van der Waals surface area contributed by atoms with Gasteiger partial charge in [-0.25, -0.2) is 4.39 Å². The molecule has 1 aromatic rings. The zero-order valence-corrected chi connectivity index (χ0v) is 12.6. The van der Waals surface area contributed by atoms with Gasteiger partial charge in [-0.1, -0.05) is 0 Å². The number of carbonyl (C=O) groups is 1. The Morgan fingerprint density at radius 3 is 2.80 bits per heavy atom. The Balaban J connectivity index is 0.000001000. The molecule has 20 heavy (non-hydrogen) atoms. The molecule has 3 heterocycles. The van der Waals surface area contributed by atoms with E-state index < -0.39 is 5.82 Å². The molecular weight excluding hydrogens is 304 g/mol. The highest BCUT2D eigenvalue weighted by Gasteiger charge is 2.41. The van der Waals surface area contributed by atoms with Crippen molar-refractivity contribution in [1.29, 1.82) is 0 Å². The lowest BCUT2D eigenvalue weighted by Crippen LogP contribution is -2.33. The fourth-order valence-electron chi connectivity index (χ4n) is 2.96. The number of halogens is 3. The van der Waals surface area contributed by atoms with Crippen LogP contribution < -0.4 is 5.32 Å². The minimum Gasteiger partial charge on any atom is -0.338 e. The van der Waals surface area contributed by atoms with Crippen LogP contribution in [-0.2, 0) is 0 Å². The molecule has 2 fully saturated rings. The molecule has 0 saturated carbocycles. The Hall–Kier alpha value is -0.910. The molecule has 1 amide bonds. The molecular formula is C13H18Cl2FN3O. The summed E-state index contributed by atoms with van der Waals surface area (Å²) in [6, 6.07) is 1.26. The number of nitrogens with one attached hydrogen (secondary N) is 1. The molecule has 1 N–H and O–H groups in total. The van der Waals surface area contributed by atoms with E-state index in [1.165, 1.54) is 12.3 Å². The molecule has 0 aromatic carbocycles. The molecule has 3 rings (SSSR count). The van der Waals surface area contributed by atoms with Crippen molar-refractivity contribution in [3.63, 3.8) is 0 Å². The maximum atomic E-state index is 13.1. The Morgan fingerprint density at radius 1 is 1.35 bits per heavy atom. The fourth-order valence-corrected chi connectivity index (χ4v) is 2.96. The topological polar surface area (TPSA) is 45.2 Å². The van der Waals surface area contributed by atoms with Crippen molar-refractivity contribution in [2.45, 2.75) is 12.8 Å². The standard InChI is InChI=1S/C13H16FN3O.2ClH/c14-11-5-10(6-16-7-11)12(18)17-4-2-13(9-17)1-3-15-8-13;;/h5-7,15H,1-4,8-9H2;2*1H. The summed E-state index contributed by atoms with van der Waals surface area (Å²) < 4.78 is 13.1. The van der Waals surface area contributed by atoms with Crippen LogP contribution in [0.4, 0.5) is 4.39 Å². The second-order valence-electron chi connectivity index (χ2n) is 5.30. The average Bonchev–Trinajstić information content (AvgIpc) is 3.00. The van der Waals surface area contributed by atoms with Crippen molar-refractivity contribution in [3.05, 3.63) is 29.8 Å². The van der Waals surface area contributed by atoms with Crippen LogP contribution in [0.2, 0.25) is 0 Å². The molecule has 2 saturated heterocycles. The number of carbonyl (C=O) groups excluding carboxylic acids is 1. The van der Waals surface area contributed by atoms with Gasteiger partial charge in [-0.15, -0.1) is 24.8 Å². The van der Waals surface area contributed by atoms with Crippen molar-refractivity contribution in [2.75, 3.05) is 26.2 Å². The second-order valence-corrected chi connectivity index (χ2v) is 5.30. The average molecular weight is 322 g/mol. The van der Waals surface area contributed by atoms with Crippen molar-refractivity contribution in [2.24, 2.45) is 5.41 Å². The molecule has 1 unspecified atom stereocenters. The molecule has 2 aliphatic heterocycles. The van der Waals surface area contributed by atoms with E-state index in [1.807, 2.05) is 4.90 Å². The van der Waals surface area contributed by atoms with Gasteiger partial charge in [-0.05, 0) is 25.5 Å². The summed E-state index contributed by atoms with van der Waals surface area (Å²) in [6.07, 6.45) is 4.71. The quantitative estimate of drug-likeness (QED) is 0.859. The Bertz CT molecular complexity index is 480. The van der Waals surface area contributed by atoms with E-state index in [0.717, 1.165) is 45.2 Å². The number of hydrogen-bond acceptors (Lipinski definition) is 3. The van der Waals surface area contributed by atoms with Crippen LogP contribution in [0, 0.1) is 11.2 Å². The van der Waals surface area contributed by atoms with E-state index >= 15 is 0 Å². The number of nitrogens with zero attached hydrogens (tertiary/aromatic N) is 2. The predicted molar refractivity (Wildman–Crippen MR) is 79.1 cm³/mol. The molecule has 2 aliphatic rings. The van der Waals surface area contributed by atoms with Crippen LogP contribution in [0.1, 0.15) is 23.2 Å². The third-order valence-electron chi connectivity index (χ3n) is 4.01. The van der Waals surface area contributed by atoms with Gasteiger partial charge in [0, 0.05) is 31.2 Å². The largest absolute Gasteiger partial charge is 0.338 e. The van der Waals surface area contributed by atoms with Crippen LogP contribution in [0.3, 0.4) is 0 Å². The predicted octanol–water partition coefficient (Wildman–Crippen LogP) is 1.89. The SMILES string of the molecule is Cl.Cl.O=C(c1cncc(F)c1)N1CCC2(CCNC2)C1. The first-order chi connectivity index (χ1) is 8.69. The zero-order valence-electron chi connectivity index (χ0n) is 11.0. The van der Waals surface area contributed by atoms with Crippen molar-refractivity contribution >= 4 is 30.7 Å². The highest BCUT2D eigenvalue weighted by molar-refractivity contribution is 5.94. The number of pyridine rings is 1. The molecule has 0 radical (unpaired) electrons. The molecule has 1 atom stereocenters. The van der Waals surface area contributed by atoms with E-state index in [9.17, 15) is 9.18 Å². The van der Waals surface area contributed by atoms with E-state index in [2.05, 4.69) is 10.3 Å². The fraction of sp³-hybridized carbons (Fsp3) is 0.538. The normalized spacial score (nSPS) is 24.4. The summed E-state index contributed by atoms with van der Waals surface area (Å²) in [5.74, 6) is -0.567. The highest BCUT2D eigenvalue weighted by Crippen LogP contribution is 2.36. The van der Waals surface area contributed by atoms with Gasteiger partial charge in [0.25, 0.3) is 5.91 Å². The summed E-state index contributed by atoms with van der Waals surface area (Å²) in [7, 11) is 0. The minimum atomic E-state index is -0.461. The Labute approximate surface area is 130 Å².